The van der Waals surface area contributed by atoms with Gasteiger partial charge in [-0.05, 0) is 24.1 Å². The summed E-state index contributed by atoms with van der Waals surface area (Å²) < 4.78 is 10.3. The van der Waals surface area contributed by atoms with E-state index in [0.717, 1.165) is 29.4 Å². The SMILES string of the molecule is CN=C(NCCOC)NCc1ccc(C)c(OC)c1.I. The topological polar surface area (TPSA) is 54.9 Å². The quantitative estimate of drug-likeness (QED) is 0.336. The van der Waals surface area contributed by atoms with Crippen LogP contribution in [0.5, 0.6) is 5.75 Å². The lowest BCUT2D eigenvalue weighted by Crippen LogP contribution is -2.38. The highest BCUT2D eigenvalue weighted by Crippen LogP contribution is 2.18. The van der Waals surface area contributed by atoms with Crippen LogP contribution in [-0.4, -0.2) is 40.4 Å². The van der Waals surface area contributed by atoms with Crippen molar-refractivity contribution >= 4 is 29.9 Å². The molecule has 1 aromatic carbocycles. The van der Waals surface area contributed by atoms with E-state index in [4.69, 9.17) is 9.47 Å². The predicted octanol–water partition coefficient (Wildman–Crippen LogP) is 1.93. The first-order valence-corrected chi connectivity index (χ1v) is 6.28. The Kier molecular flexibility index (Phi) is 10.2. The molecule has 0 atom stereocenters. The van der Waals surface area contributed by atoms with Crippen LogP contribution in [0.25, 0.3) is 0 Å². The standard InChI is InChI=1S/C14H23N3O2.HI/c1-11-5-6-12(9-13(11)19-4)10-17-14(15-2)16-7-8-18-3;/h5-6,9H,7-8,10H2,1-4H3,(H2,15,16,17);1H. The minimum absolute atomic E-state index is 0. The molecular formula is C14H24IN3O2. The van der Waals surface area contributed by atoms with Gasteiger partial charge in [0.15, 0.2) is 5.96 Å². The van der Waals surface area contributed by atoms with Crippen LogP contribution < -0.4 is 15.4 Å². The van der Waals surface area contributed by atoms with Gasteiger partial charge < -0.3 is 20.1 Å². The molecule has 0 saturated carbocycles. The van der Waals surface area contributed by atoms with Crippen LogP contribution in [0.2, 0.25) is 0 Å². The Morgan fingerprint density at radius 2 is 2.00 bits per heavy atom. The maximum atomic E-state index is 5.31. The van der Waals surface area contributed by atoms with E-state index >= 15 is 0 Å². The molecule has 114 valence electrons. The third-order valence-electron chi connectivity index (χ3n) is 2.75. The summed E-state index contributed by atoms with van der Waals surface area (Å²) in [5, 5.41) is 6.41. The number of hydrogen-bond donors (Lipinski definition) is 2. The number of nitrogens with one attached hydrogen (secondary N) is 2. The number of hydrogen-bond acceptors (Lipinski definition) is 3. The van der Waals surface area contributed by atoms with E-state index in [1.165, 1.54) is 0 Å². The van der Waals surface area contributed by atoms with Crippen molar-refractivity contribution in [2.24, 2.45) is 4.99 Å². The van der Waals surface area contributed by atoms with Crippen molar-refractivity contribution in [2.45, 2.75) is 13.5 Å². The number of guanidine groups is 1. The average Bonchev–Trinajstić information content (AvgIpc) is 2.44. The van der Waals surface area contributed by atoms with Crippen molar-refractivity contribution < 1.29 is 9.47 Å². The molecule has 0 aromatic heterocycles. The third-order valence-corrected chi connectivity index (χ3v) is 2.75. The van der Waals surface area contributed by atoms with E-state index in [-0.39, 0.29) is 24.0 Å². The Balaban J connectivity index is 0.00000361. The van der Waals surface area contributed by atoms with Crippen molar-refractivity contribution in [1.29, 1.82) is 0 Å². The van der Waals surface area contributed by atoms with Crippen LogP contribution in [0.3, 0.4) is 0 Å². The zero-order valence-electron chi connectivity index (χ0n) is 12.5. The Labute approximate surface area is 138 Å². The van der Waals surface area contributed by atoms with Gasteiger partial charge in [0.25, 0.3) is 0 Å². The molecule has 6 heteroatoms. The van der Waals surface area contributed by atoms with E-state index in [9.17, 15) is 0 Å². The number of rotatable bonds is 6. The van der Waals surface area contributed by atoms with E-state index in [2.05, 4.69) is 27.8 Å². The minimum Gasteiger partial charge on any atom is -0.496 e. The van der Waals surface area contributed by atoms with Crippen molar-refractivity contribution in [3.05, 3.63) is 29.3 Å². The summed E-state index contributed by atoms with van der Waals surface area (Å²) in [6.07, 6.45) is 0. The van der Waals surface area contributed by atoms with Gasteiger partial charge in [-0.25, -0.2) is 0 Å². The van der Waals surface area contributed by atoms with Crippen LogP contribution in [0.1, 0.15) is 11.1 Å². The summed E-state index contributed by atoms with van der Waals surface area (Å²) in [5.74, 6) is 1.67. The van der Waals surface area contributed by atoms with Crippen molar-refractivity contribution in [3.63, 3.8) is 0 Å². The molecule has 0 amide bonds. The number of halogens is 1. The van der Waals surface area contributed by atoms with Gasteiger partial charge in [-0.1, -0.05) is 12.1 Å². The van der Waals surface area contributed by atoms with E-state index in [1.54, 1.807) is 21.3 Å². The fraction of sp³-hybridized carbons (Fsp3) is 0.500. The summed E-state index contributed by atoms with van der Waals surface area (Å²) in [5.41, 5.74) is 2.28. The second-order valence-electron chi connectivity index (χ2n) is 4.15. The van der Waals surface area contributed by atoms with Crippen molar-refractivity contribution in [3.8, 4) is 5.75 Å². The monoisotopic (exact) mass is 393 g/mol. The molecule has 2 N–H and O–H groups in total. The molecule has 0 aliphatic carbocycles. The van der Waals surface area contributed by atoms with Gasteiger partial charge in [0.05, 0.1) is 13.7 Å². The molecule has 5 nitrogen and oxygen atoms in total. The molecule has 0 radical (unpaired) electrons. The van der Waals surface area contributed by atoms with Crippen LogP contribution >= 0.6 is 24.0 Å². The molecule has 0 heterocycles. The average molecular weight is 393 g/mol. The molecule has 1 aromatic rings. The first-order chi connectivity index (χ1) is 9.21. The van der Waals surface area contributed by atoms with Crippen molar-refractivity contribution in [2.75, 3.05) is 34.4 Å². The molecule has 0 aliphatic rings. The molecule has 0 spiro atoms. The molecule has 0 aliphatic heterocycles. The summed E-state index contributed by atoms with van der Waals surface area (Å²) in [6.45, 7) is 4.11. The summed E-state index contributed by atoms with van der Waals surface area (Å²) in [7, 11) is 5.11. The second kappa shape index (κ2) is 10.7. The van der Waals surface area contributed by atoms with E-state index in [0.29, 0.717) is 13.2 Å². The lowest BCUT2D eigenvalue weighted by molar-refractivity contribution is 0.203. The zero-order valence-corrected chi connectivity index (χ0v) is 14.9. The maximum absolute atomic E-state index is 5.31. The van der Waals surface area contributed by atoms with Gasteiger partial charge in [-0.3, -0.25) is 4.99 Å². The smallest absolute Gasteiger partial charge is 0.191 e. The summed E-state index contributed by atoms with van der Waals surface area (Å²) >= 11 is 0. The number of methoxy groups -OCH3 is 2. The van der Waals surface area contributed by atoms with E-state index in [1.807, 2.05) is 13.0 Å². The Bertz CT molecular complexity index is 425. The lowest BCUT2D eigenvalue weighted by Gasteiger charge is -2.12. The number of nitrogens with zero attached hydrogens (tertiary/aromatic N) is 1. The third kappa shape index (κ3) is 6.42. The molecule has 0 bridgehead atoms. The zero-order chi connectivity index (χ0) is 14.1. The van der Waals surface area contributed by atoms with Crippen molar-refractivity contribution in [1.82, 2.24) is 10.6 Å². The highest BCUT2D eigenvalue weighted by Gasteiger charge is 2.02. The first-order valence-electron chi connectivity index (χ1n) is 6.28. The summed E-state index contributed by atoms with van der Waals surface area (Å²) in [6, 6.07) is 6.16. The highest BCUT2D eigenvalue weighted by molar-refractivity contribution is 14.0. The number of ether oxygens (including phenoxy) is 2. The Hall–Kier alpha value is -1.02. The molecule has 0 saturated heterocycles. The molecule has 0 unspecified atom stereocenters. The molecular weight excluding hydrogens is 369 g/mol. The van der Waals surface area contributed by atoms with Crippen LogP contribution in [0.15, 0.2) is 23.2 Å². The first kappa shape index (κ1) is 19.0. The second-order valence-corrected chi connectivity index (χ2v) is 4.15. The van der Waals surface area contributed by atoms with Gasteiger partial charge in [0.1, 0.15) is 5.75 Å². The fourth-order valence-corrected chi connectivity index (χ4v) is 1.65. The Morgan fingerprint density at radius 1 is 1.25 bits per heavy atom. The normalized spacial score (nSPS) is 10.7. The van der Waals surface area contributed by atoms with Crippen LogP contribution in [-0.2, 0) is 11.3 Å². The van der Waals surface area contributed by atoms with Crippen LogP contribution in [0, 0.1) is 6.92 Å². The lowest BCUT2D eigenvalue weighted by atomic mass is 10.1. The maximum Gasteiger partial charge on any atom is 0.191 e. The van der Waals surface area contributed by atoms with Gasteiger partial charge in [-0.2, -0.15) is 0 Å². The van der Waals surface area contributed by atoms with Gasteiger partial charge in [0.2, 0.25) is 0 Å². The predicted molar refractivity (Wildman–Crippen MR) is 93.2 cm³/mol. The molecule has 20 heavy (non-hydrogen) atoms. The fourth-order valence-electron chi connectivity index (χ4n) is 1.65. The van der Waals surface area contributed by atoms with Gasteiger partial charge >= 0.3 is 0 Å². The number of benzene rings is 1. The minimum atomic E-state index is 0. The van der Waals surface area contributed by atoms with E-state index < -0.39 is 0 Å². The Morgan fingerprint density at radius 3 is 2.60 bits per heavy atom. The number of aryl methyl sites for hydroxylation is 1. The molecule has 1 rings (SSSR count). The largest absolute Gasteiger partial charge is 0.496 e. The summed E-state index contributed by atoms with van der Waals surface area (Å²) in [4.78, 5) is 4.14. The highest BCUT2D eigenvalue weighted by atomic mass is 127. The van der Waals surface area contributed by atoms with Crippen LogP contribution in [0.4, 0.5) is 0 Å². The number of aliphatic imine (C=N–C) groups is 1. The molecule has 0 fully saturated rings. The van der Waals surface area contributed by atoms with Gasteiger partial charge in [-0.15, -0.1) is 24.0 Å². The van der Waals surface area contributed by atoms with Gasteiger partial charge in [0, 0.05) is 27.2 Å².